The number of amides is 1. The van der Waals surface area contributed by atoms with Crippen LogP contribution in [-0.4, -0.2) is 54.2 Å². The summed E-state index contributed by atoms with van der Waals surface area (Å²) in [6.45, 7) is 7.37. The first kappa shape index (κ1) is 17.4. The maximum absolute atomic E-state index is 13.9. The Morgan fingerprint density at radius 3 is 2.68 bits per heavy atom. The van der Waals surface area contributed by atoms with E-state index >= 15 is 0 Å². The zero-order chi connectivity index (χ0) is 18.0. The van der Waals surface area contributed by atoms with Crippen LogP contribution in [-0.2, 0) is 0 Å². The molecule has 1 aliphatic rings. The summed E-state index contributed by atoms with van der Waals surface area (Å²) < 4.78 is 13.9. The molecule has 25 heavy (non-hydrogen) atoms. The molecule has 1 aliphatic heterocycles. The van der Waals surface area contributed by atoms with Crippen molar-refractivity contribution in [2.45, 2.75) is 19.9 Å². The molecule has 3 rings (SSSR count). The monoisotopic (exact) mass is 345 g/mol. The molecule has 1 fully saturated rings. The summed E-state index contributed by atoms with van der Waals surface area (Å²) in [5, 5.41) is 9.58. The first-order chi connectivity index (χ1) is 12.0. The van der Waals surface area contributed by atoms with Gasteiger partial charge in [0.15, 0.2) is 0 Å². The smallest absolute Gasteiger partial charge is 0.255 e. The standard InChI is InChI=1S/C18H24FN5O/c1-12(21-18(25)16-11-20-22-13(16)2)15-10-14(19)4-5-17(15)24-8-6-23(3)7-9-24/h4-5,10-12H,6-9H2,1-3H3,(H,20,22)(H,21,25). The Hall–Kier alpha value is -2.41. The molecule has 7 heteroatoms. The van der Waals surface area contributed by atoms with E-state index in [-0.39, 0.29) is 17.8 Å². The lowest BCUT2D eigenvalue weighted by Gasteiger charge is -2.36. The number of aromatic amines is 1. The van der Waals surface area contributed by atoms with Crippen LogP contribution < -0.4 is 10.2 Å². The van der Waals surface area contributed by atoms with Crippen LogP contribution >= 0.6 is 0 Å². The van der Waals surface area contributed by atoms with E-state index in [2.05, 4.69) is 32.4 Å². The van der Waals surface area contributed by atoms with Crippen LogP contribution in [0.4, 0.5) is 10.1 Å². The van der Waals surface area contributed by atoms with Gasteiger partial charge in [-0.1, -0.05) is 0 Å². The third kappa shape index (κ3) is 3.82. The lowest BCUT2D eigenvalue weighted by molar-refractivity contribution is 0.0939. The van der Waals surface area contributed by atoms with E-state index in [1.807, 2.05) is 13.0 Å². The van der Waals surface area contributed by atoms with Gasteiger partial charge >= 0.3 is 0 Å². The topological polar surface area (TPSA) is 64.3 Å². The molecule has 1 unspecified atom stereocenters. The van der Waals surface area contributed by atoms with Crippen molar-refractivity contribution in [2.75, 3.05) is 38.1 Å². The van der Waals surface area contributed by atoms with Crippen molar-refractivity contribution in [1.82, 2.24) is 20.4 Å². The summed E-state index contributed by atoms with van der Waals surface area (Å²) in [4.78, 5) is 17.0. The number of halogens is 1. The summed E-state index contributed by atoms with van der Waals surface area (Å²) in [7, 11) is 2.10. The fourth-order valence-corrected chi connectivity index (χ4v) is 3.14. The van der Waals surface area contributed by atoms with Gasteiger partial charge in [0.25, 0.3) is 5.91 Å². The van der Waals surface area contributed by atoms with Crippen molar-refractivity contribution in [3.05, 3.63) is 47.0 Å². The fourth-order valence-electron chi connectivity index (χ4n) is 3.14. The molecular weight excluding hydrogens is 321 g/mol. The molecule has 2 N–H and O–H groups in total. The van der Waals surface area contributed by atoms with Crippen molar-refractivity contribution in [3.63, 3.8) is 0 Å². The van der Waals surface area contributed by atoms with Crippen LogP contribution in [0.15, 0.2) is 24.4 Å². The van der Waals surface area contributed by atoms with Gasteiger partial charge in [-0.05, 0) is 39.1 Å². The summed E-state index contributed by atoms with van der Waals surface area (Å²) in [5.74, 6) is -0.513. The Morgan fingerprint density at radius 1 is 1.32 bits per heavy atom. The number of carbonyl (C=O) groups excluding carboxylic acids is 1. The second-order valence-corrected chi connectivity index (χ2v) is 6.60. The second kappa shape index (κ2) is 7.23. The molecule has 0 aliphatic carbocycles. The Kier molecular flexibility index (Phi) is 5.03. The molecule has 0 bridgehead atoms. The maximum atomic E-state index is 13.9. The summed E-state index contributed by atoms with van der Waals surface area (Å²) in [6.07, 6.45) is 1.50. The van der Waals surface area contributed by atoms with Gasteiger partial charge in [-0.3, -0.25) is 9.89 Å². The number of anilines is 1. The second-order valence-electron chi connectivity index (χ2n) is 6.60. The van der Waals surface area contributed by atoms with Gasteiger partial charge < -0.3 is 15.1 Å². The summed E-state index contributed by atoms with van der Waals surface area (Å²) in [5.41, 5.74) is 2.98. The van der Waals surface area contributed by atoms with Crippen LogP contribution in [0.25, 0.3) is 0 Å². The highest BCUT2D eigenvalue weighted by molar-refractivity contribution is 5.95. The van der Waals surface area contributed by atoms with Crippen LogP contribution in [0.1, 0.15) is 34.6 Å². The van der Waals surface area contributed by atoms with Gasteiger partial charge in [0.1, 0.15) is 5.82 Å². The Morgan fingerprint density at radius 2 is 2.04 bits per heavy atom. The number of aryl methyl sites for hydroxylation is 1. The SMILES string of the molecule is Cc1[nH]ncc1C(=O)NC(C)c1cc(F)ccc1N1CCN(C)CC1. The van der Waals surface area contributed by atoms with Crippen molar-refractivity contribution < 1.29 is 9.18 Å². The molecule has 1 saturated heterocycles. The highest BCUT2D eigenvalue weighted by Gasteiger charge is 2.22. The molecule has 1 aromatic heterocycles. The number of nitrogens with one attached hydrogen (secondary N) is 2. The van der Waals surface area contributed by atoms with E-state index in [1.54, 1.807) is 6.92 Å². The molecule has 0 radical (unpaired) electrons. The molecule has 2 heterocycles. The van der Waals surface area contributed by atoms with Crippen LogP contribution in [0.2, 0.25) is 0 Å². The molecule has 1 aromatic carbocycles. The lowest BCUT2D eigenvalue weighted by Crippen LogP contribution is -2.45. The van der Waals surface area contributed by atoms with Crippen molar-refractivity contribution in [3.8, 4) is 0 Å². The average Bonchev–Trinajstić information content (AvgIpc) is 3.02. The first-order valence-corrected chi connectivity index (χ1v) is 8.49. The highest BCUT2D eigenvalue weighted by atomic mass is 19.1. The van der Waals surface area contributed by atoms with Crippen LogP contribution in [0.3, 0.4) is 0 Å². The van der Waals surface area contributed by atoms with Crippen molar-refractivity contribution in [1.29, 1.82) is 0 Å². The normalized spacial score (nSPS) is 16.7. The van der Waals surface area contributed by atoms with E-state index in [0.29, 0.717) is 11.3 Å². The minimum atomic E-state index is -0.313. The van der Waals surface area contributed by atoms with Crippen LogP contribution in [0, 0.1) is 12.7 Å². The molecule has 0 saturated carbocycles. The van der Waals surface area contributed by atoms with Crippen molar-refractivity contribution >= 4 is 11.6 Å². The van der Waals surface area contributed by atoms with Gasteiger partial charge in [0.2, 0.25) is 0 Å². The largest absolute Gasteiger partial charge is 0.369 e. The number of aromatic nitrogens is 2. The molecule has 0 spiro atoms. The first-order valence-electron chi connectivity index (χ1n) is 8.49. The van der Waals surface area contributed by atoms with Gasteiger partial charge in [0.05, 0.1) is 17.8 Å². The predicted molar refractivity (Wildman–Crippen MR) is 95.3 cm³/mol. The fraction of sp³-hybridized carbons (Fsp3) is 0.444. The van der Waals surface area contributed by atoms with E-state index in [0.717, 1.165) is 37.4 Å². The highest BCUT2D eigenvalue weighted by Crippen LogP contribution is 2.28. The minimum absolute atomic E-state index is 0.215. The molecule has 2 aromatic rings. The number of piperazine rings is 1. The van der Waals surface area contributed by atoms with E-state index < -0.39 is 0 Å². The molecule has 1 atom stereocenters. The molecule has 6 nitrogen and oxygen atoms in total. The Bertz CT molecular complexity index is 752. The zero-order valence-corrected chi connectivity index (χ0v) is 14.8. The van der Waals surface area contributed by atoms with E-state index in [4.69, 9.17) is 0 Å². The number of H-pyrrole nitrogens is 1. The number of rotatable bonds is 4. The third-order valence-electron chi connectivity index (χ3n) is 4.72. The number of hydrogen-bond donors (Lipinski definition) is 2. The number of carbonyl (C=O) groups is 1. The third-order valence-corrected chi connectivity index (χ3v) is 4.72. The quantitative estimate of drug-likeness (QED) is 0.891. The van der Waals surface area contributed by atoms with Gasteiger partial charge in [0, 0.05) is 43.1 Å². The minimum Gasteiger partial charge on any atom is -0.369 e. The number of likely N-dealkylation sites (N-methyl/N-ethyl adjacent to an activating group) is 1. The van der Waals surface area contributed by atoms with E-state index in [1.165, 1.54) is 18.3 Å². The Balaban J connectivity index is 1.81. The van der Waals surface area contributed by atoms with Gasteiger partial charge in [-0.25, -0.2) is 4.39 Å². The predicted octanol–water partition coefficient (Wildman–Crippen LogP) is 2.10. The van der Waals surface area contributed by atoms with Crippen molar-refractivity contribution in [2.24, 2.45) is 0 Å². The molecule has 1 amide bonds. The molecular formula is C18H24FN5O. The molecule has 134 valence electrons. The Labute approximate surface area is 147 Å². The number of nitrogens with zero attached hydrogens (tertiary/aromatic N) is 3. The zero-order valence-electron chi connectivity index (χ0n) is 14.8. The van der Waals surface area contributed by atoms with Gasteiger partial charge in [-0.15, -0.1) is 0 Å². The van der Waals surface area contributed by atoms with Gasteiger partial charge in [-0.2, -0.15) is 5.10 Å². The van der Waals surface area contributed by atoms with Crippen LogP contribution in [0.5, 0.6) is 0 Å². The maximum Gasteiger partial charge on any atom is 0.255 e. The van der Waals surface area contributed by atoms with E-state index in [9.17, 15) is 9.18 Å². The lowest BCUT2D eigenvalue weighted by atomic mass is 10.0. The number of benzene rings is 1. The summed E-state index contributed by atoms with van der Waals surface area (Å²) >= 11 is 0. The number of hydrogen-bond acceptors (Lipinski definition) is 4. The summed E-state index contributed by atoms with van der Waals surface area (Å²) in [6, 6.07) is 4.49. The average molecular weight is 345 g/mol.